The fourth-order valence-corrected chi connectivity index (χ4v) is 3.78. The third-order valence-corrected chi connectivity index (χ3v) is 5.55. The molecule has 0 saturated carbocycles. The van der Waals surface area contributed by atoms with Gasteiger partial charge in [0.15, 0.2) is 0 Å². The number of benzene rings is 1. The molecule has 0 bridgehead atoms. The van der Waals surface area contributed by atoms with Crippen LogP contribution < -0.4 is 9.64 Å². The molecule has 0 radical (unpaired) electrons. The van der Waals surface area contributed by atoms with Crippen LogP contribution in [0.2, 0.25) is 0 Å². The molecule has 8 heteroatoms. The maximum absolute atomic E-state index is 12.5. The molecule has 0 aliphatic carbocycles. The van der Waals surface area contributed by atoms with Crippen molar-refractivity contribution in [1.82, 2.24) is 24.5 Å². The van der Waals surface area contributed by atoms with Crippen LogP contribution in [0, 0.1) is 5.92 Å². The molecule has 2 aromatic heterocycles. The predicted octanol–water partition coefficient (Wildman–Crippen LogP) is 2.88. The number of ether oxygens (including phenoxy) is 1. The average molecular weight is 409 g/mol. The molecule has 158 valence electrons. The largest absolute Gasteiger partial charge is 0.497 e. The van der Waals surface area contributed by atoms with Gasteiger partial charge in [-0.2, -0.15) is 14.6 Å². The van der Waals surface area contributed by atoms with E-state index in [0.717, 1.165) is 42.2 Å². The van der Waals surface area contributed by atoms with Crippen molar-refractivity contribution in [3.05, 3.63) is 36.8 Å². The summed E-state index contributed by atoms with van der Waals surface area (Å²) in [7, 11) is 1.66. The SMILES string of the molecule is COc1ccc(-c2cnc3ncnn3c2N2CCN(C(=O)CCC(C)C)CC2)cc1. The van der Waals surface area contributed by atoms with E-state index in [-0.39, 0.29) is 5.91 Å². The normalized spacial score (nSPS) is 14.5. The van der Waals surface area contributed by atoms with Crippen molar-refractivity contribution in [2.75, 3.05) is 38.2 Å². The van der Waals surface area contributed by atoms with Gasteiger partial charge in [0.2, 0.25) is 5.91 Å². The van der Waals surface area contributed by atoms with E-state index in [2.05, 4.69) is 33.8 Å². The molecule has 1 aromatic carbocycles. The number of piperazine rings is 1. The van der Waals surface area contributed by atoms with Crippen LogP contribution in [0.25, 0.3) is 16.9 Å². The highest BCUT2D eigenvalue weighted by Crippen LogP contribution is 2.32. The van der Waals surface area contributed by atoms with Gasteiger partial charge < -0.3 is 14.5 Å². The minimum absolute atomic E-state index is 0.249. The molecular formula is C22H28N6O2. The number of fused-ring (bicyclic) bond motifs is 1. The van der Waals surface area contributed by atoms with Gasteiger partial charge in [0.1, 0.15) is 17.9 Å². The summed E-state index contributed by atoms with van der Waals surface area (Å²) in [6.45, 7) is 7.21. The lowest BCUT2D eigenvalue weighted by Crippen LogP contribution is -2.49. The summed E-state index contributed by atoms with van der Waals surface area (Å²) in [5.74, 6) is 3.12. The van der Waals surface area contributed by atoms with Crippen molar-refractivity contribution in [3.8, 4) is 16.9 Å². The Morgan fingerprint density at radius 2 is 1.83 bits per heavy atom. The standard InChI is InChI=1S/C22H28N6O2/c1-16(2)4-9-20(29)26-10-12-27(13-11-26)21-19(14-23-22-24-15-25-28(21)22)17-5-7-18(30-3)8-6-17/h5-8,14-16H,4,9-13H2,1-3H3. The van der Waals surface area contributed by atoms with Crippen molar-refractivity contribution in [2.24, 2.45) is 5.92 Å². The average Bonchev–Trinajstić information content (AvgIpc) is 3.26. The Morgan fingerprint density at radius 1 is 1.10 bits per heavy atom. The molecular weight excluding hydrogens is 380 g/mol. The summed E-state index contributed by atoms with van der Waals surface area (Å²) in [5, 5.41) is 4.41. The van der Waals surface area contributed by atoms with Gasteiger partial charge in [-0.1, -0.05) is 26.0 Å². The van der Waals surface area contributed by atoms with Crippen LogP contribution in [0.5, 0.6) is 5.75 Å². The number of rotatable bonds is 6. The molecule has 3 heterocycles. The van der Waals surface area contributed by atoms with E-state index in [0.29, 0.717) is 31.2 Å². The predicted molar refractivity (Wildman–Crippen MR) is 116 cm³/mol. The van der Waals surface area contributed by atoms with Gasteiger partial charge in [-0.05, 0) is 30.0 Å². The fourth-order valence-electron chi connectivity index (χ4n) is 3.78. The zero-order valence-corrected chi connectivity index (χ0v) is 17.8. The van der Waals surface area contributed by atoms with Gasteiger partial charge in [0.05, 0.1) is 7.11 Å². The Balaban J connectivity index is 1.59. The lowest BCUT2D eigenvalue weighted by atomic mass is 10.1. The molecule has 0 unspecified atom stereocenters. The number of methoxy groups -OCH3 is 1. The van der Waals surface area contributed by atoms with Crippen molar-refractivity contribution in [2.45, 2.75) is 26.7 Å². The molecule has 8 nitrogen and oxygen atoms in total. The number of amides is 1. The Bertz CT molecular complexity index is 1010. The van der Waals surface area contributed by atoms with Crippen molar-refractivity contribution < 1.29 is 9.53 Å². The summed E-state index contributed by atoms with van der Waals surface area (Å²) < 4.78 is 7.07. The zero-order valence-electron chi connectivity index (χ0n) is 17.8. The fraction of sp³-hybridized carbons (Fsp3) is 0.455. The molecule has 3 aromatic rings. The van der Waals surface area contributed by atoms with E-state index in [4.69, 9.17) is 4.74 Å². The quantitative estimate of drug-likeness (QED) is 0.624. The summed E-state index contributed by atoms with van der Waals surface area (Å²) in [4.78, 5) is 25.5. The van der Waals surface area contributed by atoms with Crippen LogP contribution in [0.3, 0.4) is 0 Å². The van der Waals surface area contributed by atoms with Crippen LogP contribution in [-0.2, 0) is 4.79 Å². The molecule has 1 aliphatic rings. The van der Waals surface area contributed by atoms with Crippen LogP contribution >= 0.6 is 0 Å². The Hall–Kier alpha value is -3.16. The van der Waals surface area contributed by atoms with E-state index in [1.807, 2.05) is 35.4 Å². The smallest absolute Gasteiger partial charge is 0.254 e. The van der Waals surface area contributed by atoms with Crippen LogP contribution in [0.15, 0.2) is 36.8 Å². The first-order valence-corrected chi connectivity index (χ1v) is 10.4. The second kappa shape index (κ2) is 8.69. The zero-order chi connectivity index (χ0) is 21.1. The molecule has 1 amide bonds. The number of carbonyl (C=O) groups is 1. The number of aromatic nitrogens is 4. The number of hydrogen-bond donors (Lipinski definition) is 0. The lowest BCUT2D eigenvalue weighted by Gasteiger charge is -2.36. The Labute approximate surface area is 176 Å². The highest BCUT2D eigenvalue weighted by atomic mass is 16.5. The Morgan fingerprint density at radius 3 is 2.50 bits per heavy atom. The second-order valence-corrected chi connectivity index (χ2v) is 8.00. The molecule has 0 spiro atoms. The number of anilines is 1. The van der Waals surface area contributed by atoms with Gasteiger partial charge in [-0.15, -0.1) is 0 Å². The monoisotopic (exact) mass is 408 g/mol. The van der Waals surface area contributed by atoms with E-state index >= 15 is 0 Å². The minimum Gasteiger partial charge on any atom is -0.497 e. The van der Waals surface area contributed by atoms with E-state index < -0.39 is 0 Å². The van der Waals surface area contributed by atoms with Gasteiger partial charge >= 0.3 is 0 Å². The Kier molecular flexibility index (Phi) is 5.83. The first-order valence-electron chi connectivity index (χ1n) is 10.4. The lowest BCUT2D eigenvalue weighted by molar-refractivity contribution is -0.131. The first kappa shape index (κ1) is 20.1. The van der Waals surface area contributed by atoms with Crippen molar-refractivity contribution in [1.29, 1.82) is 0 Å². The molecule has 1 aliphatic heterocycles. The maximum Gasteiger partial charge on any atom is 0.254 e. The summed E-state index contributed by atoms with van der Waals surface area (Å²) in [6, 6.07) is 7.92. The summed E-state index contributed by atoms with van der Waals surface area (Å²) in [6.07, 6.45) is 4.93. The van der Waals surface area contributed by atoms with Crippen LogP contribution in [0.4, 0.5) is 5.82 Å². The number of nitrogens with zero attached hydrogens (tertiary/aromatic N) is 6. The second-order valence-electron chi connectivity index (χ2n) is 8.00. The summed E-state index contributed by atoms with van der Waals surface area (Å²) in [5.41, 5.74) is 2.02. The van der Waals surface area contributed by atoms with Crippen molar-refractivity contribution in [3.63, 3.8) is 0 Å². The maximum atomic E-state index is 12.5. The summed E-state index contributed by atoms with van der Waals surface area (Å²) >= 11 is 0. The molecule has 30 heavy (non-hydrogen) atoms. The minimum atomic E-state index is 0.249. The third-order valence-electron chi connectivity index (χ3n) is 5.55. The highest BCUT2D eigenvalue weighted by molar-refractivity contribution is 5.78. The van der Waals surface area contributed by atoms with Crippen molar-refractivity contribution >= 4 is 17.5 Å². The molecule has 1 fully saturated rings. The van der Waals surface area contributed by atoms with Crippen LogP contribution in [0.1, 0.15) is 26.7 Å². The van der Waals surface area contributed by atoms with Gasteiger partial charge in [0, 0.05) is 44.4 Å². The van der Waals surface area contributed by atoms with Gasteiger partial charge in [0.25, 0.3) is 5.78 Å². The molecule has 0 atom stereocenters. The van der Waals surface area contributed by atoms with E-state index in [1.54, 1.807) is 11.6 Å². The number of hydrogen-bond acceptors (Lipinski definition) is 6. The van der Waals surface area contributed by atoms with E-state index in [9.17, 15) is 4.79 Å². The van der Waals surface area contributed by atoms with Gasteiger partial charge in [-0.25, -0.2) is 4.98 Å². The molecule has 4 rings (SSSR count). The third kappa shape index (κ3) is 4.08. The molecule has 0 N–H and O–H groups in total. The van der Waals surface area contributed by atoms with Crippen LogP contribution in [-0.4, -0.2) is 63.7 Å². The molecule has 1 saturated heterocycles. The first-order chi connectivity index (χ1) is 14.6. The van der Waals surface area contributed by atoms with Gasteiger partial charge in [-0.3, -0.25) is 4.79 Å². The topological polar surface area (TPSA) is 75.9 Å². The highest BCUT2D eigenvalue weighted by Gasteiger charge is 2.25. The number of carbonyl (C=O) groups excluding carboxylic acids is 1. The van der Waals surface area contributed by atoms with E-state index in [1.165, 1.54) is 6.33 Å².